The van der Waals surface area contributed by atoms with Gasteiger partial charge in [-0.2, -0.15) is 5.10 Å². The van der Waals surface area contributed by atoms with Crippen LogP contribution in [0.25, 0.3) is 5.52 Å². The molecular formula is C9H11N3O. The van der Waals surface area contributed by atoms with Crippen molar-refractivity contribution in [1.82, 2.24) is 14.6 Å². The summed E-state index contributed by atoms with van der Waals surface area (Å²) in [5, 5.41) is 6.49. The summed E-state index contributed by atoms with van der Waals surface area (Å²) in [5.74, 6) is 1.17. The molecule has 0 aliphatic heterocycles. The monoisotopic (exact) mass is 177 g/mol. The van der Waals surface area contributed by atoms with Crippen molar-refractivity contribution in [2.24, 2.45) is 0 Å². The molecule has 0 saturated heterocycles. The molecule has 13 heavy (non-hydrogen) atoms. The molecule has 2 rings (SSSR count). The summed E-state index contributed by atoms with van der Waals surface area (Å²) in [5.41, 5.74) is 0.508. The van der Waals surface area contributed by atoms with E-state index < -0.39 is 0 Å². The van der Waals surface area contributed by atoms with E-state index in [1.54, 1.807) is 6.07 Å². The molecule has 4 nitrogen and oxygen atoms in total. The number of fused-ring (bicyclic) bond motifs is 1. The van der Waals surface area contributed by atoms with Gasteiger partial charge in [-0.15, -0.1) is 0 Å². The summed E-state index contributed by atoms with van der Waals surface area (Å²) in [6.07, 6.45) is 1.85. The molecule has 0 spiro atoms. The lowest BCUT2D eigenvalue weighted by atomic mass is 10.2. The van der Waals surface area contributed by atoms with Crippen LogP contribution < -0.4 is 5.56 Å². The number of hydrogen-bond acceptors (Lipinski definition) is 2. The minimum absolute atomic E-state index is 0.144. The Morgan fingerprint density at radius 2 is 2.31 bits per heavy atom. The lowest BCUT2D eigenvalue weighted by Gasteiger charge is -2.06. The van der Waals surface area contributed by atoms with E-state index in [1.165, 1.54) is 0 Å². The van der Waals surface area contributed by atoms with E-state index in [4.69, 9.17) is 0 Å². The lowest BCUT2D eigenvalue weighted by Crippen LogP contribution is -2.15. The second-order valence-corrected chi connectivity index (χ2v) is 3.33. The Hall–Kier alpha value is -1.58. The Balaban J connectivity index is 2.86. The van der Waals surface area contributed by atoms with Gasteiger partial charge in [0.1, 0.15) is 11.3 Å². The highest BCUT2D eigenvalue weighted by atomic mass is 16.1. The van der Waals surface area contributed by atoms with Crippen molar-refractivity contribution in [2.45, 2.75) is 19.8 Å². The van der Waals surface area contributed by atoms with E-state index in [9.17, 15) is 4.79 Å². The molecule has 0 aliphatic carbocycles. The van der Waals surface area contributed by atoms with Gasteiger partial charge in [-0.05, 0) is 12.1 Å². The van der Waals surface area contributed by atoms with Crippen LogP contribution in [0.4, 0.5) is 0 Å². The van der Waals surface area contributed by atoms with Crippen LogP contribution in [0.1, 0.15) is 25.6 Å². The number of rotatable bonds is 1. The Morgan fingerprint density at radius 3 is 3.00 bits per heavy atom. The summed E-state index contributed by atoms with van der Waals surface area (Å²) >= 11 is 0. The van der Waals surface area contributed by atoms with Crippen LogP contribution in [-0.4, -0.2) is 14.6 Å². The first-order valence-corrected chi connectivity index (χ1v) is 4.26. The fourth-order valence-electron chi connectivity index (χ4n) is 1.39. The van der Waals surface area contributed by atoms with Crippen LogP contribution in [0.5, 0.6) is 0 Å². The molecule has 0 unspecified atom stereocenters. The normalized spacial score (nSPS) is 11.3. The summed E-state index contributed by atoms with van der Waals surface area (Å²) in [6.45, 7) is 4.08. The second-order valence-electron chi connectivity index (χ2n) is 3.33. The molecular weight excluding hydrogens is 166 g/mol. The maximum Gasteiger partial charge on any atom is 0.288 e. The predicted octanol–water partition coefficient (Wildman–Crippen LogP) is 1.15. The zero-order valence-electron chi connectivity index (χ0n) is 7.61. The Labute approximate surface area is 75.2 Å². The minimum atomic E-state index is -0.144. The highest BCUT2D eigenvalue weighted by Crippen LogP contribution is 2.10. The first kappa shape index (κ1) is 8.04. The molecule has 2 aromatic heterocycles. The van der Waals surface area contributed by atoms with Gasteiger partial charge in [0, 0.05) is 12.1 Å². The molecule has 2 aromatic rings. The third-order valence-electron chi connectivity index (χ3n) is 2.02. The molecule has 0 fully saturated rings. The summed E-state index contributed by atoms with van der Waals surface area (Å²) in [7, 11) is 0. The largest absolute Gasteiger partial charge is 0.299 e. The molecule has 0 bridgehead atoms. The third-order valence-corrected chi connectivity index (χ3v) is 2.02. The van der Waals surface area contributed by atoms with Gasteiger partial charge in [0.2, 0.25) is 0 Å². The van der Waals surface area contributed by atoms with Crippen LogP contribution in [-0.2, 0) is 0 Å². The molecule has 0 aromatic carbocycles. The summed E-state index contributed by atoms with van der Waals surface area (Å²) in [6, 6.07) is 3.63. The van der Waals surface area contributed by atoms with Gasteiger partial charge in [-0.3, -0.25) is 9.20 Å². The molecule has 4 heteroatoms. The van der Waals surface area contributed by atoms with E-state index in [2.05, 4.69) is 10.2 Å². The molecule has 0 atom stereocenters. The zero-order valence-corrected chi connectivity index (χ0v) is 7.61. The van der Waals surface area contributed by atoms with E-state index in [0.717, 1.165) is 5.82 Å². The number of nitrogens with one attached hydrogen (secondary N) is 1. The van der Waals surface area contributed by atoms with Gasteiger partial charge in [0.05, 0.1) is 0 Å². The molecule has 2 heterocycles. The van der Waals surface area contributed by atoms with Crippen LogP contribution in [0, 0.1) is 0 Å². The number of nitrogens with zero attached hydrogens (tertiary/aromatic N) is 2. The van der Waals surface area contributed by atoms with Crippen molar-refractivity contribution in [3.63, 3.8) is 0 Å². The summed E-state index contributed by atoms with van der Waals surface area (Å²) < 4.78 is 1.82. The summed E-state index contributed by atoms with van der Waals surface area (Å²) in [4.78, 5) is 11.3. The fourth-order valence-corrected chi connectivity index (χ4v) is 1.39. The quantitative estimate of drug-likeness (QED) is 0.710. The van der Waals surface area contributed by atoms with Crippen molar-refractivity contribution < 1.29 is 0 Å². The standard InChI is InChI=1S/C9H11N3O/c1-6(2)8-10-11-9(13)7-4-3-5-12(7)8/h3-6H,1-2H3,(H,11,13). The van der Waals surface area contributed by atoms with Gasteiger partial charge < -0.3 is 0 Å². The van der Waals surface area contributed by atoms with E-state index in [-0.39, 0.29) is 5.56 Å². The highest BCUT2D eigenvalue weighted by molar-refractivity contribution is 5.45. The molecule has 1 N–H and O–H groups in total. The van der Waals surface area contributed by atoms with Gasteiger partial charge in [0.15, 0.2) is 0 Å². The van der Waals surface area contributed by atoms with Gasteiger partial charge in [0.25, 0.3) is 5.56 Å². The molecule has 0 amide bonds. The molecule has 0 saturated carbocycles. The number of aromatic nitrogens is 3. The maximum atomic E-state index is 11.3. The molecule has 0 radical (unpaired) electrons. The van der Waals surface area contributed by atoms with E-state index >= 15 is 0 Å². The minimum Gasteiger partial charge on any atom is -0.299 e. The second kappa shape index (κ2) is 2.73. The van der Waals surface area contributed by atoms with E-state index in [1.807, 2.05) is 30.5 Å². The van der Waals surface area contributed by atoms with Gasteiger partial charge in [-0.25, -0.2) is 5.10 Å². The van der Waals surface area contributed by atoms with Crippen LogP contribution in [0.3, 0.4) is 0 Å². The van der Waals surface area contributed by atoms with Crippen molar-refractivity contribution >= 4 is 5.52 Å². The SMILES string of the molecule is CC(C)c1n[nH]c(=O)c2cccn12. The van der Waals surface area contributed by atoms with Crippen molar-refractivity contribution in [3.05, 3.63) is 34.5 Å². The first-order chi connectivity index (χ1) is 6.20. The zero-order chi connectivity index (χ0) is 9.42. The Kier molecular flexibility index (Phi) is 1.69. The van der Waals surface area contributed by atoms with Crippen LogP contribution >= 0.6 is 0 Å². The number of aromatic amines is 1. The highest BCUT2D eigenvalue weighted by Gasteiger charge is 2.07. The van der Waals surface area contributed by atoms with Gasteiger partial charge in [-0.1, -0.05) is 13.8 Å². The first-order valence-electron chi connectivity index (χ1n) is 4.26. The van der Waals surface area contributed by atoms with Gasteiger partial charge >= 0.3 is 0 Å². The van der Waals surface area contributed by atoms with Crippen molar-refractivity contribution in [3.8, 4) is 0 Å². The van der Waals surface area contributed by atoms with E-state index in [0.29, 0.717) is 11.4 Å². The van der Waals surface area contributed by atoms with Crippen LogP contribution in [0.2, 0.25) is 0 Å². The smallest absolute Gasteiger partial charge is 0.288 e. The van der Waals surface area contributed by atoms with Crippen molar-refractivity contribution in [1.29, 1.82) is 0 Å². The lowest BCUT2D eigenvalue weighted by molar-refractivity contribution is 0.711. The number of hydrogen-bond donors (Lipinski definition) is 1. The maximum absolute atomic E-state index is 11.3. The predicted molar refractivity (Wildman–Crippen MR) is 49.9 cm³/mol. The Bertz CT molecular complexity index is 481. The third kappa shape index (κ3) is 1.14. The topological polar surface area (TPSA) is 50.2 Å². The number of H-pyrrole nitrogens is 1. The molecule has 68 valence electrons. The fraction of sp³-hybridized carbons (Fsp3) is 0.333. The average molecular weight is 177 g/mol. The Morgan fingerprint density at radius 1 is 1.54 bits per heavy atom. The average Bonchev–Trinajstić information content (AvgIpc) is 2.53. The molecule has 0 aliphatic rings. The van der Waals surface area contributed by atoms with Crippen molar-refractivity contribution in [2.75, 3.05) is 0 Å². The van der Waals surface area contributed by atoms with Crippen LogP contribution in [0.15, 0.2) is 23.1 Å².